The summed E-state index contributed by atoms with van der Waals surface area (Å²) >= 11 is 0. The van der Waals surface area contributed by atoms with Gasteiger partial charge in [-0.05, 0) is 97.6 Å². The Balaban J connectivity index is 1.13. The van der Waals surface area contributed by atoms with Crippen molar-refractivity contribution >= 4 is 23.3 Å². The molecule has 4 aromatic carbocycles. The molecule has 1 saturated heterocycles. The predicted octanol–water partition coefficient (Wildman–Crippen LogP) is 7.09. The number of hydrogen-bond donors (Lipinski definition) is 1. The van der Waals surface area contributed by atoms with Crippen molar-refractivity contribution in [1.82, 2.24) is 0 Å². The highest BCUT2D eigenvalue weighted by molar-refractivity contribution is 6.04. The highest BCUT2D eigenvalue weighted by Gasteiger charge is 2.22. The predicted molar refractivity (Wildman–Crippen MR) is 155 cm³/mol. The summed E-state index contributed by atoms with van der Waals surface area (Å²) in [5.74, 6) is 0.143. The molecular weight excluding hydrogens is 542 g/mol. The Bertz CT molecular complexity index is 1550. The summed E-state index contributed by atoms with van der Waals surface area (Å²) in [5.41, 5.74) is 1.58. The lowest BCUT2D eigenvalue weighted by atomic mass is 9.97. The van der Waals surface area contributed by atoms with Crippen molar-refractivity contribution in [1.29, 1.82) is 0 Å². The standard InChI is InChI=1S/C33H30F2N2O5/c1-40-33(39)24-5-3-6-28(19-24)41-21-22-14-16-37(17-15-22)31-13-10-26(20-30(31)35)36-32(38)23-4-2-7-29(18-23)42-27-11-8-25(34)9-12-27/h2-13,18-20,22H,14-17,21H2,1H3,(H,36,38). The van der Waals surface area contributed by atoms with Gasteiger partial charge in [0.05, 0.1) is 25.0 Å². The van der Waals surface area contributed by atoms with Crippen LogP contribution in [0.3, 0.4) is 0 Å². The molecule has 0 aliphatic carbocycles. The average molecular weight is 573 g/mol. The maximum absolute atomic E-state index is 15.1. The van der Waals surface area contributed by atoms with E-state index in [0.29, 0.717) is 65.4 Å². The summed E-state index contributed by atoms with van der Waals surface area (Å²) in [7, 11) is 1.34. The number of nitrogens with zero attached hydrogens (tertiary/aromatic N) is 1. The molecule has 42 heavy (non-hydrogen) atoms. The van der Waals surface area contributed by atoms with E-state index in [2.05, 4.69) is 5.32 Å². The molecule has 5 rings (SSSR count). The van der Waals surface area contributed by atoms with E-state index in [1.165, 1.54) is 37.4 Å². The fourth-order valence-corrected chi connectivity index (χ4v) is 4.77. The number of carbonyl (C=O) groups excluding carboxylic acids is 2. The van der Waals surface area contributed by atoms with Crippen LogP contribution in [0.4, 0.5) is 20.2 Å². The van der Waals surface area contributed by atoms with Gasteiger partial charge in [0.15, 0.2) is 0 Å². The number of esters is 1. The fraction of sp³-hybridized carbons (Fsp3) is 0.212. The van der Waals surface area contributed by atoms with Gasteiger partial charge in [0.25, 0.3) is 5.91 Å². The Hall–Kier alpha value is -4.92. The Kier molecular flexibility index (Phi) is 8.96. The molecule has 1 aliphatic heterocycles. The number of anilines is 2. The van der Waals surface area contributed by atoms with Crippen molar-refractivity contribution in [3.63, 3.8) is 0 Å². The average Bonchev–Trinajstić information content (AvgIpc) is 3.01. The number of nitrogens with one attached hydrogen (secondary N) is 1. The van der Waals surface area contributed by atoms with Crippen LogP contribution in [0.1, 0.15) is 33.6 Å². The first-order valence-electron chi connectivity index (χ1n) is 13.6. The van der Waals surface area contributed by atoms with Crippen LogP contribution in [-0.4, -0.2) is 38.7 Å². The van der Waals surface area contributed by atoms with Crippen LogP contribution in [0, 0.1) is 17.6 Å². The van der Waals surface area contributed by atoms with Crippen molar-refractivity contribution in [2.75, 3.05) is 37.0 Å². The molecule has 0 atom stereocenters. The maximum atomic E-state index is 15.1. The van der Waals surface area contributed by atoms with E-state index >= 15 is 4.39 Å². The molecule has 1 amide bonds. The molecular formula is C33H30F2N2O5. The van der Waals surface area contributed by atoms with Gasteiger partial charge in [-0.2, -0.15) is 0 Å². The minimum atomic E-state index is -0.421. The SMILES string of the molecule is COC(=O)c1cccc(OCC2CCN(c3ccc(NC(=O)c4cccc(Oc5ccc(F)cc5)c4)cc3F)CC2)c1. The monoisotopic (exact) mass is 572 g/mol. The number of amides is 1. The highest BCUT2D eigenvalue weighted by atomic mass is 19.1. The lowest BCUT2D eigenvalue weighted by Crippen LogP contribution is -2.36. The summed E-state index contributed by atoms with van der Waals surface area (Å²) in [5, 5.41) is 2.73. The second kappa shape index (κ2) is 13.2. The van der Waals surface area contributed by atoms with Crippen molar-refractivity contribution in [2.45, 2.75) is 12.8 Å². The molecule has 0 radical (unpaired) electrons. The smallest absolute Gasteiger partial charge is 0.337 e. The van der Waals surface area contributed by atoms with Crippen LogP contribution >= 0.6 is 0 Å². The van der Waals surface area contributed by atoms with E-state index in [4.69, 9.17) is 14.2 Å². The van der Waals surface area contributed by atoms with E-state index in [-0.39, 0.29) is 5.82 Å². The Labute approximate surface area is 242 Å². The van der Waals surface area contributed by atoms with E-state index < -0.39 is 17.7 Å². The number of ether oxygens (including phenoxy) is 3. The van der Waals surface area contributed by atoms with Crippen molar-refractivity contribution in [2.24, 2.45) is 5.92 Å². The fourth-order valence-electron chi connectivity index (χ4n) is 4.77. The van der Waals surface area contributed by atoms with Crippen LogP contribution in [0.25, 0.3) is 0 Å². The first kappa shape index (κ1) is 28.6. The highest BCUT2D eigenvalue weighted by Crippen LogP contribution is 2.29. The van der Waals surface area contributed by atoms with Crippen LogP contribution in [-0.2, 0) is 4.74 Å². The molecule has 9 heteroatoms. The minimum absolute atomic E-state index is 0.299. The molecule has 1 aliphatic rings. The van der Waals surface area contributed by atoms with E-state index in [0.717, 1.165) is 12.8 Å². The van der Waals surface area contributed by atoms with Gasteiger partial charge in [-0.25, -0.2) is 13.6 Å². The third-order valence-electron chi connectivity index (χ3n) is 7.05. The number of hydrogen-bond acceptors (Lipinski definition) is 6. The number of rotatable bonds is 9. The Morgan fingerprint density at radius 1 is 0.833 bits per heavy atom. The molecule has 0 spiro atoms. The van der Waals surface area contributed by atoms with Crippen molar-refractivity contribution in [3.05, 3.63) is 114 Å². The third kappa shape index (κ3) is 7.23. The first-order chi connectivity index (χ1) is 20.4. The van der Waals surface area contributed by atoms with Crippen LogP contribution in [0.5, 0.6) is 17.2 Å². The molecule has 0 saturated carbocycles. The second-order valence-electron chi connectivity index (χ2n) is 9.96. The van der Waals surface area contributed by atoms with Crippen molar-refractivity contribution < 1.29 is 32.6 Å². The van der Waals surface area contributed by atoms with Gasteiger partial charge in [-0.15, -0.1) is 0 Å². The van der Waals surface area contributed by atoms with Gasteiger partial charge in [-0.3, -0.25) is 4.79 Å². The molecule has 4 aromatic rings. The molecule has 1 N–H and O–H groups in total. The molecule has 7 nitrogen and oxygen atoms in total. The van der Waals surface area contributed by atoms with E-state index in [1.54, 1.807) is 60.7 Å². The molecule has 0 bridgehead atoms. The molecule has 1 heterocycles. The Morgan fingerprint density at radius 3 is 2.24 bits per heavy atom. The van der Waals surface area contributed by atoms with Gasteiger partial charge in [0.2, 0.25) is 0 Å². The molecule has 1 fully saturated rings. The van der Waals surface area contributed by atoms with Crippen LogP contribution in [0.2, 0.25) is 0 Å². The largest absolute Gasteiger partial charge is 0.493 e. The number of benzene rings is 4. The molecule has 216 valence electrons. The zero-order chi connectivity index (χ0) is 29.5. The quantitative estimate of drug-likeness (QED) is 0.216. The minimum Gasteiger partial charge on any atom is -0.493 e. The number of methoxy groups -OCH3 is 1. The first-order valence-corrected chi connectivity index (χ1v) is 13.6. The number of piperidine rings is 1. The topological polar surface area (TPSA) is 77.1 Å². The van der Waals surface area contributed by atoms with E-state index in [1.807, 2.05) is 4.90 Å². The third-order valence-corrected chi connectivity index (χ3v) is 7.05. The van der Waals surface area contributed by atoms with Gasteiger partial charge in [0.1, 0.15) is 28.9 Å². The second-order valence-corrected chi connectivity index (χ2v) is 9.96. The van der Waals surface area contributed by atoms with Gasteiger partial charge in [0, 0.05) is 24.3 Å². The normalized spacial score (nSPS) is 13.4. The van der Waals surface area contributed by atoms with Gasteiger partial charge < -0.3 is 24.4 Å². The van der Waals surface area contributed by atoms with Gasteiger partial charge >= 0.3 is 5.97 Å². The van der Waals surface area contributed by atoms with Gasteiger partial charge in [-0.1, -0.05) is 12.1 Å². The number of halogens is 2. The summed E-state index contributed by atoms with van der Waals surface area (Å²) in [6.07, 6.45) is 1.65. The van der Waals surface area contributed by atoms with Crippen LogP contribution in [0.15, 0.2) is 91.0 Å². The Morgan fingerprint density at radius 2 is 1.52 bits per heavy atom. The number of carbonyl (C=O) groups is 2. The summed E-state index contributed by atoms with van der Waals surface area (Å²) < 4.78 is 44.6. The van der Waals surface area contributed by atoms with Crippen molar-refractivity contribution in [3.8, 4) is 17.2 Å². The molecule has 0 aromatic heterocycles. The summed E-state index contributed by atoms with van der Waals surface area (Å²) in [4.78, 5) is 26.6. The van der Waals surface area contributed by atoms with Crippen LogP contribution < -0.4 is 19.7 Å². The molecule has 0 unspecified atom stereocenters. The summed E-state index contributed by atoms with van der Waals surface area (Å²) in [6, 6.07) is 23.7. The summed E-state index contributed by atoms with van der Waals surface area (Å²) in [6.45, 7) is 1.83. The lowest BCUT2D eigenvalue weighted by Gasteiger charge is -2.33. The maximum Gasteiger partial charge on any atom is 0.337 e. The lowest BCUT2D eigenvalue weighted by molar-refractivity contribution is 0.0600. The van der Waals surface area contributed by atoms with E-state index in [9.17, 15) is 14.0 Å². The zero-order valence-electron chi connectivity index (χ0n) is 23.0. The zero-order valence-corrected chi connectivity index (χ0v) is 23.0.